The van der Waals surface area contributed by atoms with Crippen LogP contribution in [0.15, 0.2) is 77.4 Å². The summed E-state index contributed by atoms with van der Waals surface area (Å²) in [6.45, 7) is 5.88. The number of nitriles is 1. The Balaban J connectivity index is 1.74. The molecule has 0 spiro atoms. The molecule has 2 N–H and O–H groups in total. The zero-order valence-electron chi connectivity index (χ0n) is 21.2. The number of methoxy groups -OCH3 is 1. The monoisotopic (exact) mass is 496 g/mol. The van der Waals surface area contributed by atoms with E-state index in [9.17, 15) is 10.1 Å². The number of allylic oxidation sites excluding steroid dienone is 3. The average molecular weight is 497 g/mol. The molecule has 5 rings (SSSR count). The Morgan fingerprint density at radius 2 is 1.78 bits per heavy atom. The van der Waals surface area contributed by atoms with Crippen molar-refractivity contribution in [3.8, 4) is 29.1 Å². The highest BCUT2D eigenvalue weighted by molar-refractivity contribution is 6.00. The molecule has 8 nitrogen and oxygen atoms in total. The molecule has 0 fully saturated rings. The lowest BCUT2D eigenvalue weighted by atomic mass is 9.70. The Kier molecular flexibility index (Phi) is 6.00. The number of ketones is 1. The van der Waals surface area contributed by atoms with E-state index in [1.54, 1.807) is 36.1 Å². The molecule has 0 radical (unpaired) electrons. The molecule has 37 heavy (non-hydrogen) atoms. The maximum absolute atomic E-state index is 13.5. The number of rotatable bonds is 5. The largest absolute Gasteiger partial charge is 0.497 e. The van der Waals surface area contributed by atoms with E-state index in [2.05, 4.69) is 6.07 Å². The Morgan fingerprint density at radius 3 is 2.43 bits per heavy atom. The van der Waals surface area contributed by atoms with Crippen molar-refractivity contribution >= 4 is 5.78 Å². The van der Waals surface area contributed by atoms with Crippen molar-refractivity contribution in [2.45, 2.75) is 39.5 Å². The normalized spacial score (nSPS) is 18.7. The number of para-hydroxylation sites is 1. The quantitative estimate of drug-likeness (QED) is 0.501. The van der Waals surface area contributed by atoms with E-state index in [0.29, 0.717) is 52.8 Å². The summed E-state index contributed by atoms with van der Waals surface area (Å²) in [4.78, 5) is 13.5. The van der Waals surface area contributed by atoms with Crippen LogP contribution in [0.25, 0.3) is 5.69 Å². The van der Waals surface area contributed by atoms with E-state index in [-0.39, 0.29) is 22.7 Å². The molecule has 1 aliphatic heterocycles. The lowest BCUT2D eigenvalue weighted by Crippen LogP contribution is -2.33. The molecule has 1 unspecified atom stereocenters. The summed E-state index contributed by atoms with van der Waals surface area (Å²) in [6, 6.07) is 18.9. The average Bonchev–Trinajstić information content (AvgIpc) is 3.18. The smallest absolute Gasteiger partial charge is 0.227 e. The summed E-state index contributed by atoms with van der Waals surface area (Å²) in [7, 11) is 1.60. The second kappa shape index (κ2) is 9.17. The zero-order valence-corrected chi connectivity index (χ0v) is 21.2. The fourth-order valence-electron chi connectivity index (χ4n) is 5.02. The van der Waals surface area contributed by atoms with Gasteiger partial charge in [0.15, 0.2) is 5.78 Å². The van der Waals surface area contributed by atoms with Crippen LogP contribution in [-0.2, 0) is 9.53 Å². The first-order chi connectivity index (χ1) is 17.7. The second-order valence-corrected chi connectivity index (χ2v) is 10.0. The first-order valence-corrected chi connectivity index (χ1v) is 12.0. The standard InChI is InChI=1S/C29H28N4O4/c1-17-24(25-21(16-30)27(31)37-23-15-29(2,3)14-22(34)26(23)25)28(33(32-17)18-8-6-5-7-9-18)36-20-12-10-19(35-4)11-13-20/h5-13,25H,14-15,31H2,1-4H3. The van der Waals surface area contributed by atoms with Crippen LogP contribution in [0.3, 0.4) is 0 Å². The van der Waals surface area contributed by atoms with E-state index in [1.807, 2.05) is 51.1 Å². The summed E-state index contributed by atoms with van der Waals surface area (Å²) in [5, 5.41) is 14.9. The highest BCUT2D eigenvalue weighted by Gasteiger charge is 2.45. The molecule has 188 valence electrons. The molecule has 0 amide bonds. The Hall–Kier alpha value is -4.51. The van der Waals surface area contributed by atoms with Crippen molar-refractivity contribution in [1.82, 2.24) is 9.78 Å². The summed E-state index contributed by atoms with van der Waals surface area (Å²) in [5.74, 6) is 1.31. The number of aromatic nitrogens is 2. The van der Waals surface area contributed by atoms with Gasteiger partial charge in [0.2, 0.25) is 11.8 Å². The minimum Gasteiger partial charge on any atom is -0.497 e. The summed E-state index contributed by atoms with van der Waals surface area (Å²) >= 11 is 0. The molecule has 0 bridgehead atoms. The van der Waals surface area contributed by atoms with Crippen LogP contribution in [0.2, 0.25) is 0 Å². The zero-order chi connectivity index (χ0) is 26.3. The van der Waals surface area contributed by atoms with Crippen molar-refractivity contribution in [2.24, 2.45) is 11.1 Å². The van der Waals surface area contributed by atoms with Crippen molar-refractivity contribution in [2.75, 3.05) is 7.11 Å². The molecule has 0 saturated heterocycles. The van der Waals surface area contributed by atoms with Gasteiger partial charge in [-0.25, -0.2) is 4.68 Å². The molecule has 2 aliphatic rings. The van der Waals surface area contributed by atoms with Crippen molar-refractivity contribution < 1.29 is 19.0 Å². The Labute approximate surface area is 215 Å². The number of nitrogens with two attached hydrogens (primary N) is 1. The Bertz CT molecular complexity index is 1470. The third-order valence-corrected chi connectivity index (χ3v) is 6.70. The van der Waals surface area contributed by atoms with Gasteiger partial charge in [-0.15, -0.1) is 0 Å². The van der Waals surface area contributed by atoms with Gasteiger partial charge >= 0.3 is 0 Å². The summed E-state index contributed by atoms with van der Waals surface area (Å²) < 4.78 is 19.3. The molecule has 1 atom stereocenters. The van der Waals surface area contributed by atoms with Crippen molar-refractivity contribution in [3.63, 3.8) is 0 Å². The van der Waals surface area contributed by atoms with Crippen LogP contribution in [-0.4, -0.2) is 22.7 Å². The molecular weight excluding hydrogens is 468 g/mol. The first kappa shape index (κ1) is 24.2. The van der Waals surface area contributed by atoms with Gasteiger partial charge in [0.1, 0.15) is 28.9 Å². The number of aryl methyl sites for hydroxylation is 1. The topological polar surface area (TPSA) is 112 Å². The predicted molar refractivity (Wildman–Crippen MR) is 137 cm³/mol. The number of nitrogens with zero attached hydrogens (tertiary/aromatic N) is 3. The van der Waals surface area contributed by atoms with Gasteiger partial charge in [0.05, 0.1) is 30.0 Å². The van der Waals surface area contributed by atoms with Crippen LogP contribution in [0.5, 0.6) is 17.4 Å². The van der Waals surface area contributed by atoms with E-state index in [1.165, 1.54) is 0 Å². The van der Waals surface area contributed by atoms with Gasteiger partial charge in [0.25, 0.3) is 0 Å². The second-order valence-electron chi connectivity index (χ2n) is 10.0. The van der Waals surface area contributed by atoms with E-state index < -0.39 is 5.92 Å². The highest BCUT2D eigenvalue weighted by Crippen LogP contribution is 2.51. The number of carbonyl (C=O) groups is 1. The number of hydrogen-bond donors (Lipinski definition) is 1. The molecule has 1 aromatic heterocycles. The van der Waals surface area contributed by atoms with Crippen LogP contribution in [0.4, 0.5) is 0 Å². The first-order valence-electron chi connectivity index (χ1n) is 12.0. The molecule has 0 saturated carbocycles. The Morgan fingerprint density at radius 1 is 1.11 bits per heavy atom. The molecule has 1 aliphatic carbocycles. The third-order valence-electron chi connectivity index (χ3n) is 6.70. The minimum atomic E-state index is -0.761. The van der Waals surface area contributed by atoms with Crippen molar-refractivity contribution in [3.05, 3.63) is 88.6 Å². The fraction of sp³-hybridized carbons (Fsp3) is 0.276. The van der Waals surface area contributed by atoms with Crippen LogP contribution >= 0.6 is 0 Å². The number of ether oxygens (including phenoxy) is 3. The highest BCUT2D eigenvalue weighted by atomic mass is 16.5. The maximum Gasteiger partial charge on any atom is 0.227 e. The number of benzene rings is 2. The number of carbonyl (C=O) groups excluding carboxylic acids is 1. The van der Waals surface area contributed by atoms with Crippen LogP contribution in [0, 0.1) is 23.7 Å². The number of Topliss-reactive ketones (excluding diaryl/α,β-unsaturated/α-hetero) is 1. The molecular formula is C29H28N4O4. The minimum absolute atomic E-state index is 0.000918. The van der Waals surface area contributed by atoms with Gasteiger partial charge in [-0.1, -0.05) is 32.0 Å². The third kappa shape index (κ3) is 4.33. The van der Waals surface area contributed by atoms with Crippen molar-refractivity contribution in [1.29, 1.82) is 5.26 Å². The SMILES string of the molecule is COc1ccc(Oc2c(C3C(C#N)=C(N)OC4=C3C(=O)CC(C)(C)C4)c(C)nn2-c2ccccc2)cc1. The summed E-state index contributed by atoms with van der Waals surface area (Å²) in [6.07, 6.45) is 0.870. The predicted octanol–water partition coefficient (Wildman–Crippen LogP) is 5.43. The molecule has 2 aromatic carbocycles. The molecule has 2 heterocycles. The molecule has 8 heteroatoms. The maximum atomic E-state index is 13.5. The lowest BCUT2D eigenvalue weighted by molar-refractivity contribution is -0.119. The van der Waals surface area contributed by atoms with E-state index in [0.717, 1.165) is 5.69 Å². The van der Waals surface area contributed by atoms with Crippen LogP contribution in [0.1, 0.15) is 43.9 Å². The van der Waals surface area contributed by atoms with Gasteiger partial charge < -0.3 is 19.9 Å². The summed E-state index contributed by atoms with van der Waals surface area (Å²) in [5.41, 5.74) is 8.59. The van der Waals surface area contributed by atoms with Gasteiger partial charge in [0, 0.05) is 18.4 Å². The van der Waals surface area contributed by atoms with E-state index >= 15 is 0 Å². The lowest BCUT2D eigenvalue weighted by Gasteiger charge is -2.37. The van der Waals surface area contributed by atoms with Gasteiger partial charge in [-0.05, 0) is 48.7 Å². The van der Waals surface area contributed by atoms with Gasteiger partial charge in [-0.2, -0.15) is 10.4 Å². The number of hydrogen-bond acceptors (Lipinski definition) is 7. The fourth-order valence-corrected chi connectivity index (χ4v) is 5.02. The molecule has 3 aromatic rings. The van der Waals surface area contributed by atoms with Gasteiger partial charge in [-0.3, -0.25) is 4.79 Å². The van der Waals surface area contributed by atoms with Crippen LogP contribution < -0.4 is 15.2 Å². The van der Waals surface area contributed by atoms with E-state index in [4.69, 9.17) is 25.0 Å².